The van der Waals surface area contributed by atoms with Gasteiger partial charge < -0.3 is 20.9 Å². The second-order valence-electron chi connectivity index (χ2n) is 5.60. The Hall–Kier alpha value is -1.59. The van der Waals surface area contributed by atoms with E-state index in [0.29, 0.717) is 13.0 Å². The molecule has 1 amide bonds. The zero-order valence-electron chi connectivity index (χ0n) is 11.8. The van der Waals surface area contributed by atoms with Crippen molar-refractivity contribution in [2.24, 2.45) is 5.73 Å². The number of amides is 1. The lowest BCUT2D eigenvalue weighted by molar-refractivity contribution is -0.123. The SMILES string of the molecule is CC1(CNC(=O)[C@@H](N)Cc2ccc(O)cc2)CCCO1. The molecule has 1 aromatic rings. The fraction of sp³-hybridized carbons (Fsp3) is 0.533. The van der Waals surface area contributed by atoms with Gasteiger partial charge in [-0.1, -0.05) is 12.1 Å². The van der Waals surface area contributed by atoms with Gasteiger partial charge in [0.2, 0.25) is 5.91 Å². The van der Waals surface area contributed by atoms with Gasteiger partial charge in [-0.15, -0.1) is 0 Å². The first-order chi connectivity index (χ1) is 9.48. The summed E-state index contributed by atoms with van der Waals surface area (Å²) in [7, 11) is 0. The molecule has 1 aliphatic heterocycles. The van der Waals surface area contributed by atoms with Crippen LogP contribution < -0.4 is 11.1 Å². The Labute approximate surface area is 119 Å². The lowest BCUT2D eigenvalue weighted by Crippen LogP contribution is -2.47. The molecule has 2 rings (SSSR count). The number of rotatable bonds is 5. The smallest absolute Gasteiger partial charge is 0.237 e. The van der Waals surface area contributed by atoms with Crippen LogP contribution in [0.25, 0.3) is 0 Å². The first-order valence-corrected chi connectivity index (χ1v) is 6.94. The van der Waals surface area contributed by atoms with E-state index in [0.717, 1.165) is 25.0 Å². The van der Waals surface area contributed by atoms with Crippen LogP contribution in [0.15, 0.2) is 24.3 Å². The topological polar surface area (TPSA) is 84.6 Å². The molecule has 0 aromatic heterocycles. The van der Waals surface area contributed by atoms with Crippen molar-refractivity contribution in [1.82, 2.24) is 5.32 Å². The van der Waals surface area contributed by atoms with Crippen LogP contribution in [-0.4, -0.2) is 35.8 Å². The number of ether oxygens (including phenoxy) is 1. The fourth-order valence-corrected chi connectivity index (χ4v) is 2.36. The summed E-state index contributed by atoms with van der Waals surface area (Å²) in [5, 5.41) is 12.1. The molecule has 0 spiro atoms. The van der Waals surface area contributed by atoms with Crippen LogP contribution in [0, 0.1) is 0 Å². The van der Waals surface area contributed by atoms with Crippen molar-refractivity contribution in [2.75, 3.05) is 13.2 Å². The summed E-state index contributed by atoms with van der Waals surface area (Å²) in [5.41, 5.74) is 6.57. The van der Waals surface area contributed by atoms with E-state index < -0.39 is 6.04 Å². The monoisotopic (exact) mass is 278 g/mol. The number of phenols is 1. The van der Waals surface area contributed by atoms with Crippen LogP contribution in [0.2, 0.25) is 0 Å². The normalized spacial score (nSPS) is 23.5. The number of carbonyl (C=O) groups excluding carboxylic acids is 1. The molecular weight excluding hydrogens is 256 g/mol. The van der Waals surface area contributed by atoms with Gasteiger partial charge in [-0.3, -0.25) is 4.79 Å². The number of hydrogen-bond donors (Lipinski definition) is 3. The molecule has 0 saturated carbocycles. The van der Waals surface area contributed by atoms with E-state index in [4.69, 9.17) is 10.5 Å². The van der Waals surface area contributed by atoms with E-state index in [1.54, 1.807) is 24.3 Å². The molecule has 110 valence electrons. The standard InChI is InChI=1S/C15H22N2O3/c1-15(7-2-8-20-15)10-17-14(19)13(16)9-11-3-5-12(18)6-4-11/h3-6,13,18H,2,7-10,16H2,1H3,(H,17,19)/t13-,15?/m0/s1. The molecule has 4 N–H and O–H groups in total. The predicted octanol–water partition coefficient (Wildman–Crippen LogP) is 0.947. The largest absolute Gasteiger partial charge is 0.508 e. The molecule has 5 nitrogen and oxygen atoms in total. The summed E-state index contributed by atoms with van der Waals surface area (Å²) in [6, 6.07) is 6.12. The molecule has 1 aromatic carbocycles. The summed E-state index contributed by atoms with van der Waals surface area (Å²) in [6.45, 7) is 3.26. The van der Waals surface area contributed by atoms with E-state index in [2.05, 4.69) is 5.32 Å². The van der Waals surface area contributed by atoms with Gasteiger partial charge >= 0.3 is 0 Å². The number of benzene rings is 1. The van der Waals surface area contributed by atoms with Crippen molar-refractivity contribution < 1.29 is 14.6 Å². The molecule has 20 heavy (non-hydrogen) atoms. The Bertz CT molecular complexity index is 453. The molecule has 1 fully saturated rings. The Balaban J connectivity index is 1.81. The molecule has 1 saturated heterocycles. The molecule has 2 atom stereocenters. The van der Waals surface area contributed by atoms with Crippen LogP contribution >= 0.6 is 0 Å². The van der Waals surface area contributed by atoms with E-state index in [-0.39, 0.29) is 17.3 Å². The van der Waals surface area contributed by atoms with Crippen molar-refractivity contribution in [3.8, 4) is 5.75 Å². The van der Waals surface area contributed by atoms with Gasteiger partial charge in [0.25, 0.3) is 0 Å². The lowest BCUT2D eigenvalue weighted by atomic mass is 10.0. The van der Waals surface area contributed by atoms with Gasteiger partial charge in [0.05, 0.1) is 11.6 Å². The van der Waals surface area contributed by atoms with Gasteiger partial charge in [-0.2, -0.15) is 0 Å². The maximum atomic E-state index is 12.0. The van der Waals surface area contributed by atoms with Gasteiger partial charge in [0, 0.05) is 13.2 Å². The molecule has 5 heteroatoms. The summed E-state index contributed by atoms with van der Waals surface area (Å²) in [6.07, 6.45) is 2.44. The zero-order chi connectivity index (χ0) is 14.6. The van der Waals surface area contributed by atoms with Crippen LogP contribution in [0.1, 0.15) is 25.3 Å². The van der Waals surface area contributed by atoms with E-state index in [1.165, 1.54) is 0 Å². The summed E-state index contributed by atoms with van der Waals surface area (Å²) >= 11 is 0. The molecular formula is C15H22N2O3. The minimum Gasteiger partial charge on any atom is -0.508 e. The first kappa shape index (κ1) is 14.8. The average Bonchev–Trinajstić information content (AvgIpc) is 2.86. The third-order valence-electron chi connectivity index (χ3n) is 3.67. The van der Waals surface area contributed by atoms with Crippen molar-refractivity contribution in [1.29, 1.82) is 0 Å². The van der Waals surface area contributed by atoms with Gasteiger partial charge in [0.1, 0.15) is 5.75 Å². The van der Waals surface area contributed by atoms with Gasteiger partial charge in [-0.05, 0) is 43.9 Å². The molecule has 0 aliphatic carbocycles. The Kier molecular flexibility index (Phi) is 4.62. The second kappa shape index (κ2) is 6.24. The number of hydrogen-bond acceptors (Lipinski definition) is 4. The van der Waals surface area contributed by atoms with Crippen LogP contribution in [0.5, 0.6) is 5.75 Å². The quantitative estimate of drug-likeness (QED) is 0.748. The van der Waals surface area contributed by atoms with E-state index in [9.17, 15) is 9.90 Å². The van der Waals surface area contributed by atoms with Gasteiger partial charge in [0.15, 0.2) is 0 Å². The van der Waals surface area contributed by atoms with Crippen molar-refractivity contribution in [2.45, 2.75) is 37.8 Å². The third kappa shape index (κ3) is 3.95. The van der Waals surface area contributed by atoms with Gasteiger partial charge in [-0.25, -0.2) is 0 Å². The highest BCUT2D eigenvalue weighted by Gasteiger charge is 2.30. The second-order valence-corrected chi connectivity index (χ2v) is 5.60. The average molecular weight is 278 g/mol. The number of aromatic hydroxyl groups is 1. The highest BCUT2D eigenvalue weighted by Crippen LogP contribution is 2.23. The molecule has 0 radical (unpaired) electrons. The first-order valence-electron chi connectivity index (χ1n) is 6.94. The molecule has 1 unspecified atom stereocenters. The maximum Gasteiger partial charge on any atom is 0.237 e. The molecule has 1 heterocycles. The highest BCUT2D eigenvalue weighted by atomic mass is 16.5. The number of nitrogens with one attached hydrogen (secondary N) is 1. The number of carbonyl (C=O) groups is 1. The Morgan fingerprint density at radius 1 is 1.50 bits per heavy atom. The van der Waals surface area contributed by atoms with Crippen molar-refractivity contribution in [3.05, 3.63) is 29.8 Å². The zero-order valence-corrected chi connectivity index (χ0v) is 11.8. The Morgan fingerprint density at radius 3 is 2.80 bits per heavy atom. The van der Waals surface area contributed by atoms with Crippen molar-refractivity contribution in [3.63, 3.8) is 0 Å². The number of phenolic OH excluding ortho intramolecular Hbond substituents is 1. The maximum absolute atomic E-state index is 12.0. The van der Waals surface area contributed by atoms with E-state index >= 15 is 0 Å². The van der Waals surface area contributed by atoms with Crippen molar-refractivity contribution >= 4 is 5.91 Å². The minimum absolute atomic E-state index is 0.171. The third-order valence-corrected chi connectivity index (χ3v) is 3.67. The van der Waals surface area contributed by atoms with Crippen LogP contribution in [0.3, 0.4) is 0 Å². The summed E-state index contributed by atoms with van der Waals surface area (Å²) < 4.78 is 5.62. The highest BCUT2D eigenvalue weighted by molar-refractivity contribution is 5.81. The molecule has 0 bridgehead atoms. The lowest BCUT2D eigenvalue weighted by Gasteiger charge is -2.24. The number of nitrogens with two attached hydrogens (primary N) is 1. The molecule has 1 aliphatic rings. The van der Waals surface area contributed by atoms with E-state index in [1.807, 2.05) is 6.92 Å². The minimum atomic E-state index is -0.593. The van der Waals surface area contributed by atoms with Crippen LogP contribution in [-0.2, 0) is 16.0 Å². The summed E-state index contributed by atoms with van der Waals surface area (Å²) in [5.74, 6) is 0.0351. The Morgan fingerprint density at radius 2 is 2.20 bits per heavy atom. The summed E-state index contributed by atoms with van der Waals surface area (Å²) in [4.78, 5) is 12.0. The predicted molar refractivity (Wildman–Crippen MR) is 76.4 cm³/mol. The fourth-order valence-electron chi connectivity index (χ4n) is 2.36. The van der Waals surface area contributed by atoms with Crippen LogP contribution in [0.4, 0.5) is 0 Å².